The van der Waals surface area contributed by atoms with Crippen molar-refractivity contribution >= 4 is 29.9 Å². The van der Waals surface area contributed by atoms with Crippen LogP contribution in [0.25, 0.3) is 0 Å². The number of oxazole rings is 1. The topological polar surface area (TPSA) is 65.7 Å². The molecule has 0 bridgehead atoms. The second kappa shape index (κ2) is 11.0. The predicted molar refractivity (Wildman–Crippen MR) is 114 cm³/mol. The molecule has 25 heavy (non-hydrogen) atoms. The summed E-state index contributed by atoms with van der Waals surface area (Å²) in [6.45, 7) is 13.7. The molecule has 2 unspecified atom stereocenters. The van der Waals surface area contributed by atoms with Gasteiger partial charge in [0.05, 0.1) is 12.2 Å². The van der Waals surface area contributed by atoms with Gasteiger partial charge in [-0.1, -0.05) is 13.8 Å². The number of aryl methyl sites for hydroxylation is 2. The normalized spacial score (nSPS) is 21.7. The molecule has 0 saturated carbocycles. The van der Waals surface area contributed by atoms with Crippen LogP contribution in [0.3, 0.4) is 0 Å². The van der Waals surface area contributed by atoms with Crippen LogP contribution >= 0.6 is 24.0 Å². The number of nitrogens with zero attached hydrogens (tertiary/aromatic N) is 3. The molecule has 0 radical (unpaired) electrons. The van der Waals surface area contributed by atoms with E-state index in [1.807, 2.05) is 13.8 Å². The summed E-state index contributed by atoms with van der Waals surface area (Å²) in [6, 6.07) is 0. The molecule has 1 aliphatic heterocycles. The molecule has 2 heterocycles. The average Bonchev–Trinajstić information content (AvgIpc) is 2.84. The van der Waals surface area contributed by atoms with Crippen LogP contribution in [0, 0.1) is 25.7 Å². The highest BCUT2D eigenvalue weighted by molar-refractivity contribution is 14.0. The molecule has 0 aromatic carbocycles. The van der Waals surface area contributed by atoms with Crippen LogP contribution in [-0.4, -0.2) is 49.1 Å². The molecule has 2 N–H and O–H groups in total. The highest BCUT2D eigenvalue weighted by Crippen LogP contribution is 2.20. The minimum Gasteiger partial charge on any atom is -0.444 e. The number of piperidine rings is 1. The van der Waals surface area contributed by atoms with Crippen LogP contribution < -0.4 is 10.6 Å². The zero-order chi connectivity index (χ0) is 17.5. The first-order valence-corrected chi connectivity index (χ1v) is 9.07. The van der Waals surface area contributed by atoms with Gasteiger partial charge in [-0.05, 0) is 45.1 Å². The first-order chi connectivity index (χ1) is 11.5. The predicted octanol–water partition coefficient (Wildman–Crippen LogP) is 2.94. The summed E-state index contributed by atoms with van der Waals surface area (Å²) in [7, 11) is 1.79. The smallest absolute Gasteiger partial charge is 0.214 e. The summed E-state index contributed by atoms with van der Waals surface area (Å²) in [5.41, 5.74) is 0.944. The molecule has 1 aliphatic rings. The lowest BCUT2D eigenvalue weighted by molar-refractivity contribution is 0.140. The molecule has 1 saturated heterocycles. The monoisotopic (exact) mass is 463 g/mol. The number of hydrogen-bond donors (Lipinski definition) is 2. The van der Waals surface area contributed by atoms with E-state index in [0.717, 1.165) is 48.8 Å². The van der Waals surface area contributed by atoms with Gasteiger partial charge in [-0.25, -0.2) is 4.98 Å². The minimum atomic E-state index is 0. The number of likely N-dealkylation sites (tertiary alicyclic amines) is 1. The van der Waals surface area contributed by atoms with Crippen molar-refractivity contribution in [1.82, 2.24) is 20.5 Å². The molecule has 2 rings (SSSR count). The molecular formula is C18H34IN5O. The van der Waals surface area contributed by atoms with E-state index in [2.05, 4.69) is 39.4 Å². The number of rotatable bonds is 6. The number of aromatic nitrogens is 1. The zero-order valence-electron chi connectivity index (χ0n) is 16.3. The highest BCUT2D eigenvalue weighted by atomic mass is 127. The summed E-state index contributed by atoms with van der Waals surface area (Å²) < 4.78 is 5.57. The van der Waals surface area contributed by atoms with E-state index in [1.54, 1.807) is 7.05 Å². The fourth-order valence-electron chi connectivity index (χ4n) is 3.48. The summed E-state index contributed by atoms with van der Waals surface area (Å²) in [5, 5.41) is 6.61. The van der Waals surface area contributed by atoms with E-state index in [4.69, 9.17) is 4.42 Å². The maximum atomic E-state index is 5.57. The number of aliphatic imine (C=N–C) groups is 1. The standard InChI is InChI=1S/C18H33N5O.HI/c1-13-9-14(2)12-23(11-13)8-6-7-20-18(19-5)21-10-17-22-15(3)16(4)24-17;/h13-14H,6-12H2,1-5H3,(H2,19,20,21);1H. The quantitative estimate of drug-likeness (QED) is 0.294. The van der Waals surface area contributed by atoms with E-state index >= 15 is 0 Å². The third-order valence-electron chi connectivity index (χ3n) is 4.59. The summed E-state index contributed by atoms with van der Waals surface area (Å²) in [4.78, 5) is 11.2. The van der Waals surface area contributed by atoms with Crippen molar-refractivity contribution in [2.45, 2.75) is 47.1 Å². The Morgan fingerprint density at radius 2 is 1.92 bits per heavy atom. The molecule has 7 heteroatoms. The van der Waals surface area contributed by atoms with E-state index in [-0.39, 0.29) is 24.0 Å². The summed E-state index contributed by atoms with van der Waals surface area (Å²) in [6.07, 6.45) is 2.49. The molecule has 0 aliphatic carbocycles. The van der Waals surface area contributed by atoms with Gasteiger partial charge in [0.15, 0.2) is 5.96 Å². The molecule has 1 aromatic rings. The second-order valence-electron chi connectivity index (χ2n) is 7.16. The van der Waals surface area contributed by atoms with E-state index < -0.39 is 0 Å². The van der Waals surface area contributed by atoms with Crippen LogP contribution in [0.5, 0.6) is 0 Å². The lowest BCUT2D eigenvalue weighted by Crippen LogP contribution is -2.41. The largest absolute Gasteiger partial charge is 0.444 e. The number of halogens is 1. The molecule has 0 amide bonds. The third-order valence-corrected chi connectivity index (χ3v) is 4.59. The molecule has 1 fully saturated rings. The van der Waals surface area contributed by atoms with Crippen LogP contribution in [0.15, 0.2) is 9.41 Å². The van der Waals surface area contributed by atoms with Crippen molar-refractivity contribution in [3.63, 3.8) is 0 Å². The number of hydrogen-bond acceptors (Lipinski definition) is 4. The SMILES string of the molecule is CN=C(NCCCN1CC(C)CC(C)C1)NCc1nc(C)c(C)o1.I. The minimum absolute atomic E-state index is 0. The van der Waals surface area contributed by atoms with Gasteiger partial charge in [0.1, 0.15) is 5.76 Å². The average molecular weight is 463 g/mol. The van der Waals surface area contributed by atoms with Crippen molar-refractivity contribution in [1.29, 1.82) is 0 Å². The molecule has 2 atom stereocenters. The molecule has 144 valence electrons. The highest BCUT2D eigenvalue weighted by Gasteiger charge is 2.20. The lowest BCUT2D eigenvalue weighted by Gasteiger charge is -2.35. The Morgan fingerprint density at radius 3 is 2.48 bits per heavy atom. The van der Waals surface area contributed by atoms with E-state index in [9.17, 15) is 0 Å². The Morgan fingerprint density at radius 1 is 1.24 bits per heavy atom. The van der Waals surface area contributed by atoms with Crippen LogP contribution in [-0.2, 0) is 6.54 Å². The maximum absolute atomic E-state index is 5.57. The van der Waals surface area contributed by atoms with Gasteiger partial charge >= 0.3 is 0 Å². The van der Waals surface area contributed by atoms with Gasteiger partial charge in [-0.2, -0.15) is 0 Å². The van der Waals surface area contributed by atoms with Crippen LogP contribution in [0.1, 0.15) is 44.0 Å². The Balaban J connectivity index is 0.00000312. The summed E-state index contributed by atoms with van der Waals surface area (Å²) in [5.74, 6) is 4.01. The van der Waals surface area contributed by atoms with Gasteiger partial charge in [0, 0.05) is 26.7 Å². The van der Waals surface area contributed by atoms with E-state index in [1.165, 1.54) is 19.5 Å². The van der Waals surface area contributed by atoms with Gasteiger partial charge in [-0.15, -0.1) is 24.0 Å². The van der Waals surface area contributed by atoms with Crippen molar-refractivity contribution in [3.05, 3.63) is 17.3 Å². The lowest BCUT2D eigenvalue weighted by atomic mass is 9.92. The van der Waals surface area contributed by atoms with Gasteiger partial charge in [0.25, 0.3) is 0 Å². The van der Waals surface area contributed by atoms with E-state index in [0.29, 0.717) is 12.4 Å². The van der Waals surface area contributed by atoms with Gasteiger partial charge in [-0.3, -0.25) is 4.99 Å². The fraction of sp³-hybridized carbons (Fsp3) is 0.778. The van der Waals surface area contributed by atoms with Crippen molar-refractivity contribution in [2.75, 3.05) is 33.2 Å². The van der Waals surface area contributed by atoms with Gasteiger partial charge < -0.3 is 20.0 Å². The molecule has 6 nitrogen and oxygen atoms in total. The second-order valence-corrected chi connectivity index (χ2v) is 7.16. The molecular weight excluding hydrogens is 429 g/mol. The first-order valence-electron chi connectivity index (χ1n) is 9.07. The zero-order valence-corrected chi connectivity index (χ0v) is 18.6. The number of nitrogens with one attached hydrogen (secondary N) is 2. The van der Waals surface area contributed by atoms with Crippen molar-refractivity contribution < 1.29 is 4.42 Å². The van der Waals surface area contributed by atoms with Gasteiger partial charge in [0.2, 0.25) is 5.89 Å². The first kappa shape index (κ1) is 22.2. The Bertz CT molecular complexity index is 516. The number of guanidine groups is 1. The van der Waals surface area contributed by atoms with Crippen molar-refractivity contribution in [2.24, 2.45) is 16.8 Å². The molecule has 1 aromatic heterocycles. The Hall–Kier alpha value is -0.830. The Kier molecular flexibility index (Phi) is 9.78. The third kappa shape index (κ3) is 7.52. The van der Waals surface area contributed by atoms with Crippen molar-refractivity contribution in [3.8, 4) is 0 Å². The fourth-order valence-corrected chi connectivity index (χ4v) is 3.48. The summed E-state index contributed by atoms with van der Waals surface area (Å²) >= 11 is 0. The molecule has 0 spiro atoms. The van der Waals surface area contributed by atoms with Crippen LogP contribution in [0.4, 0.5) is 0 Å². The Labute approximate surface area is 169 Å². The van der Waals surface area contributed by atoms with Crippen LogP contribution in [0.2, 0.25) is 0 Å². The maximum Gasteiger partial charge on any atom is 0.214 e.